The van der Waals surface area contributed by atoms with Crippen LogP contribution in [0.4, 0.5) is 0 Å². The first-order valence-electron chi connectivity index (χ1n) is 7.88. The van der Waals surface area contributed by atoms with E-state index in [2.05, 4.69) is 10.2 Å². The van der Waals surface area contributed by atoms with Crippen molar-refractivity contribution in [1.29, 1.82) is 0 Å². The molecule has 0 bridgehead atoms. The first-order chi connectivity index (χ1) is 9.69. The van der Waals surface area contributed by atoms with Gasteiger partial charge in [0.05, 0.1) is 18.8 Å². The van der Waals surface area contributed by atoms with Gasteiger partial charge in [-0.15, -0.1) is 0 Å². The number of methoxy groups -OCH3 is 2. The van der Waals surface area contributed by atoms with Crippen molar-refractivity contribution in [2.45, 2.75) is 61.9 Å². The molecule has 1 saturated heterocycles. The first-order valence-corrected chi connectivity index (χ1v) is 7.88. The van der Waals surface area contributed by atoms with Crippen molar-refractivity contribution in [3.8, 4) is 0 Å². The minimum atomic E-state index is -0.0421. The quantitative estimate of drug-likeness (QED) is 0.738. The summed E-state index contributed by atoms with van der Waals surface area (Å²) in [6.45, 7) is 2.16. The molecule has 5 nitrogen and oxygen atoms in total. The fourth-order valence-electron chi connectivity index (χ4n) is 3.91. The van der Waals surface area contributed by atoms with Crippen LogP contribution in [0.5, 0.6) is 0 Å². The van der Waals surface area contributed by atoms with Gasteiger partial charge in [-0.2, -0.15) is 0 Å². The molecule has 0 aromatic carbocycles. The Kier molecular flexibility index (Phi) is 4.34. The molecule has 1 aliphatic heterocycles. The van der Waals surface area contributed by atoms with E-state index in [1.54, 1.807) is 14.2 Å². The Bertz CT molecular complexity index is 325. The molecule has 2 saturated carbocycles. The summed E-state index contributed by atoms with van der Waals surface area (Å²) in [6, 6.07) is 1.20. The maximum absolute atomic E-state index is 9.82. The highest BCUT2D eigenvalue weighted by molar-refractivity contribution is 5.04. The zero-order valence-corrected chi connectivity index (χ0v) is 12.7. The molecule has 3 rings (SSSR count). The van der Waals surface area contributed by atoms with Crippen molar-refractivity contribution in [2.75, 3.05) is 33.9 Å². The van der Waals surface area contributed by atoms with Crippen molar-refractivity contribution in [2.24, 2.45) is 0 Å². The van der Waals surface area contributed by atoms with Crippen LogP contribution < -0.4 is 5.32 Å². The van der Waals surface area contributed by atoms with E-state index in [-0.39, 0.29) is 24.4 Å². The van der Waals surface area contributed by atoms with E-state index in [9.17, 15) is 5.11 Å². The summed E-state index contributed by atoms with van der Waals surface area (Å²) in [5, 5.41) is 13.5. The highest BCUT2D eigenvalue weighted by Crippen LogP contribution is 2.37. The van der Waals surface area contributed by atoms with E-state index in [0.717, 1.165) is 32.4 Å². The van der Waals surface area contributed by atoms with Crippen LogP contribution in [-0.4, -0.2) is 73.8 Å². The van der Waals surface area contributed by atoms with Crippen LogP contribution in [0.15, 0.2) is 0 Å². The SMILES string of the molecule is COC1CN(C2CCC(CO)(NC3CC3)C2)CC1OC. The lowest BCUT2D eigenvalue weighted by atomic mass is 9.98. The molecule has 3 aliphatic rings. The monoisotopic (exact) mass is 284 g/mol. The van der Waals surface area contributed by atoms with Gasteiger partial charge in [0.1, 0.15) is 0 Å². The predicted octanol–water partition coefficient (Wildman–Crippen LogP) is 0.368. The normalized spacial score (nSPS) is 42.5. The molecular weight excluding hydrogens is 256 g/mol. The van der Waals surface area contributed by atoms with Crippen LogP contribution in [-0.2, 0) is 9.47 Å². The summed E-state index contributed by atoms with van der Waals surface area (Å²) >= 11 is 0. The Balaban J connectivity index is 1.59. The van der Waals surface area contributed by atoms with Crippen LogP contribution in [0, 0.1) is 0 Å². The second-order valence-corrected chi connectivity index (χ2v) is 6.76. The van der Waals surface area contributed by atoms with Crippen LogP contribution >= 0.6 is 0 Å². The Morgan fingerprint density at radius 2 is 1.80 bits per heavy atom. The molecule has 3 fully saturated rings. The molecule has 20 heavy (non-hydrogen) atoms. The summed E-state index contributed by atoms with van der Waals surface area (Å²) in [6.07, 6.45) is 6.19. The number of hydrogen-bond donors (Lipinski definition) is 2. The number of aliphatic hydroxyl groups excluding tert-OH is 1. The largest absolute Gasteiger partial charge is 0.394 e. The summed E-state index contributed by atoms with van der Waals surface area (Å²) in [5.41, 5.74) is -0.0421. The maximum atomic E-state index is 9.82. The van der Waals surface area contributed by atoms with Crippen LogP contribution in [0.3, 0.4) is 0 Å². The van der Waals surface area contributed by atoms with Gasteiger partial charge in [0.15, 0.2) is 0 Å². The van der Waals surface area contributed by atoms with Gasteiger partial charge < -0.3 is 19.9 Å². The molecule has 0 aromatic rings. The third-order valence-electron chi connectivity index (χ3n) is 5.34. The Morgan fingerprint density at radius 3 is 2.30 bits per heavy atom. The van der Waals surface area contributed by atoms with Gasteiger partial charge in [0, 0.05) is 44.9 Å². The molecule has 2 aliphatic carbocycles. The molecule has 116 valence electrons. The lowest BCUT2D eigenvalue weighted by Gasteiger charge is -2.30. The van der Waals surface area contributed by atoms with Gasteiger partial charge in [0.25, 0.3) is 0 Å². The molecule has 0 radical (unpaired) electrons. The standard InChI is InChI=1S/C15H28N2O3/c1-19-13-8-17(9-14(13)20-2)12-5-6-15(7-12,10-18)16-11-3-4-11/h11-14,16,18H,3-10H2,1-2H3. The zero-order chi connectivity index (χ0) is 14.2. The lowest BCUT2D eigenvalue weighted by molar-refractivity contribution is -0.00461. The number of likely N-dealkylation sites (tertiary alicyclic amines) is 1. The van der Waals surface area contributed by atoms with E-state index in [1.165, 1.54) is 12.8 Å². The lowest BCUT2D eigenvalue weighted by Crippen LogP contribution is -2.49. The van der Waals surface area contributed by atoms with Gasteiger partial charge in [0.2, 0.25) is 0 Å². The number of rotatable bonds is 6. The third kappa shape index (κ3) is 2.88. The minimum absolute atomic E-state index is 0.0421. The molecule has 5 heteroatoms. The fraction of sp³-hybridized carbons (Fsp3) is 1.00. The molecular formula is C15H28N2O3. The number of nitrogens with one attached hydrogen (secondary N) is 1. The van der Waals surface area contributed by atoms with Gasteiger partial charge in [-0.3, -0.25) is 4.90 Å². The molecule has 1 heterocycles. The zero-order valence-electron chi connectivity index (χ0n) is 12.7. The van der Waals surface area contributed by atoms with E-state index in [1.807, 2.05) is 0 Å². The van der Waals surface area contributed by atoms with Crippen molar-refractivity contribution in [1.82, 2.24) is 10.2 Å². The number of aliphatic hydroxyl groups is 1. The molecule has 4 atom stereocenters. The average molecular weight is 284 g/mol. The minimum Gasteiger partial charge on any atom is -0.394 e. The van der Waals surface area contributed by atoms with Crippen molar-refractivity contribution >= 4 is 0 Å². The molecule has 0 amide bonds. The molecule has 4 unspecified atom stereocenters. The number of ether oxygens (including phenoxy) is 2. The van der Waals surface area contributed by atoms with E-state index in [4.69, 9.17) is 9.47 Å². The van der Waals surface area contributed by atoms with E-state index >= 15 is 0 Å². The predicted molar refractivity (Wildman–Crippen MR) is 76.8 cm³/mol. The Labute approximate surface area is 121 Å². The Hall–Kier alpha value is -0.200. The molecule has 2 N–H and O–H groups in total. The summed E-state index contributed by atoms with van der Waals surface area (Å²) in [7, 11) is 3.53. The van der Waals surface area contributed by atoms with Crippen molar-refractivity contribution < 1.29 is 14.6 Å². The number of nitrogens with zero attached hydrogens (tertiary/aromatic N) is 1. The fourth-order valence-corrected chi connectivity index (χ4v) is 3.91. The topological polar surface area (TPSA) is 54.0 Å². The Morgan fingerprint density at radius 1 is 1.15 bits per heavy atom. The second kappa shape index (κ2) is 5.89. The highest BCUT2D eigenvalue weighted by atomic mass is 16.5. The van der Waals surface area contributed by atoms with Gasteiger partial charge in [-0.05, 0) is 32.1 Å². The first kappa shape index (κ1) is 14.7. The summed E-state index contributed by atoms with van der Waals surface area (Å²) in [5.74, 6) is 0. The second-order valence-electron chi connectivity index (χ2n) is 6.76. The third-order valence-corrected chi connectivity index (χ3v) is 5.34. The van der Waals surface area contributed by atoms with E-state index < -0.39 is 0 Å². The average Bonchev–Trinajstić information content (AvgIpc) is 3.03. The summed E-state index contributed by atoms with van der Waals surface area (Å²) in [4.78, 5) is 2.49. The van der Waals surface area contributed by atoms with Crippen LogP contribution in [0.2, 0.25) is 0 Å². The van der Waals surface area contributed by atoms with Crippen molar-refractivity contribution in [3.05, 3.63) is 0 Å². The van der Waals surface area contributed by atoms with Gasteiger partial charge >= 0.3 is 0 Å². The number of hydrogen-bond acceptors (Lipinski definition) is 5. The summed E-state index contributed by atoms with van der Waals surface area (Å²) < 4.78 is 11.1. The van der Waals surface area contributed by atoms with Crippen LogP contribution in [0.1, 0.15) is 32.1 Å². The maximum Gasteiger partial charge on any atom is 0.0971 e. The van der Waals surface area contributed by atoms with Gasteiger partial charge in [-0.1, -0.05) is 0 Å². The molecule has 0 spiro atoms. The highest BCUT2D eigenvalue weighted by Gasteiger charge is 2.46. The smallest absolute Gasteiger partial charge is 0.0971 e. The molecule has 0 aromatic heterocycles. The van der Waals surface area contributed by atoms with E-state index in [0.29, 0.717) is 12.1 Å². The van der Waals surface area contributed by atoms with Crippen LogP contribution in [0.25, 0.3) is 0 Å². The van der Waals surface area contributed by atoms with Crippen molar-refractivity contribution in [3.63, 3.8) is 0 Å². The van der Waals surface area contributed by atoms with Gasteiger partial charge in [-0.25, -0.2) is 0 Å².